The highest BCUT2D eigenvalue weighted by Crippen LogP contribution is 2.35. The third kappa shape index (κ3) is 3.99. The van der Waals surface area contributed by atoms with Crippen LogP contribution in [0.15, 0.2) is 48.7 Å². The number of rotatable bonds is 5. The van der Waals surface area contributed by atoms with E-state index in [-0.39, 0.29) is 11.9 Å². The van der Waals surface area contributed by atoms with Gasteiger partial charge in [-0.05, 0) is 42.5 Å². The smallest absolute Gasteiger partial charge is 0.213 e. The lowest BCUT2D eigenvalue weighted by atomic mass is 10.1. The molecule has 0 N–H and O–H groups in total. The second-order valence-electron chi connectivity index (χ2n) is 6.89. The molecule has 0 amide bonds. The van der Waals surface area contributed by atoms with Crippen molar-refractivity contribution in [1.29, 1.82) is 0 Å². The van der Waals surface area contributed by atoms with E-state index in [1.165, 1.54) is 12.1 Å². The van der Waals surface area contributed by atoms with Crippen molar-refractivity contribution in [2.45, 2.75) is 31.5 Å². The Morgan fingerprint density at radius 1 is 1.16 bits per heavy atom. The normalized spacial score (nSPS) is 26.4. The number of aromatic nitrogens is 1. The van der Waals surface area contributed by atoms with Crippen LogP contribution in [0.3, 0.4) is 0 Å². The van der Waals surface area contributed by atoms with E-state index in [4.69, 9.17) is 9.47 Å². The van der Waals surface area contributed by atoms with Gasteiger partial charge in [0.25, 0.3) is 0 Å². The van der Waals surface area contributed by atoms with Crippen LogP contribution in [0.25, 0.3) is 0 Å². The average molecular weight is 342 g/mol. The molecule has 2 heterocycles. The molecule has 0 spiro atoms. The molecule has 1 aliphatic carbocycles. The number of hydrogen-bond acceptors (Lipinski definition) is 4. The van der Waals surface area contributed by atoms with Gasteiger partial charge in [-0.1, -0.05) is 18.2 Å². The molecular formula is C20H23FN2O2. The highest BCUT2D eigenvalue weighted by Gasteiger charge is 2.41. The first-order chi connectivity index (χ1) is 12.3. The maximum absolute atomic E-state index is 13.1. The number of ether oxygens (including phenoxy) is 2. The lowest BCUT2D eigenvalue weighted by Crippen LogP contribution is -2.47. The quantitative estimate of drug-likeness (QED) is 0.835. The number of fused-ring (bicyclic) bond motifs is 1. The molecule has 0 radical (unpaired) electrons. The van der Waals surface area contributed by atoms with Crippen molar-refractivity contribution in [2.24, 2.45) is 5.92 Å². The van der Waals surface area contributed by atoms with Crippen molar-refractivity contribution < 1.29 is 13.9 Å². The van der Waals surface area contributed by atoms with Crippen molar-refractivity contribution >= 4 is 0 Å². The zero-order chi connectivity index (χ0) is 17.1. The number of hydrogen-bond donors (Lipinski definition) is 0. The van der Waals surface area contributed by atoms with Gasteiger partial charge >= 0.3 is 0 Å². The predicted octanol–water partition coefficient (Wildman–Crippen LogP) is 3.28. The van der Waals surface area contributed by atoms with E-state index in [9.17, 15) is 4.39 Å². The van der Waals surface area contributed by atoms with Gasteiger partial charge in [-0.15, -0.1) is 0 Å². The van der Waals surface area contributed by atoms with Crippen LogP contribution in [0, 0.1) is 11.7 Å². The van der Waals surface area contributed by atoms with Crippen molar-refractivity contribution in [1.82, 2.24) is 9.88 Å². The summed E-state index contributed by atoms with van der Waals surface area (Å²) in [7, 11) is 0. The van der Waals surface area contributed by atoms with E-state index >= 15 is 0 Å². The zero-order valence-electron chi connectivity index (χ0n) is 14.2. The molecule has 2 fully saturated rings. The average Bonchev–Trinajstić information content (AvgIpc) is 3.07. The first kappa shape index (κ1) is 16.5. The van der Waals surface area contributed by atoms with E-state index in [1.54, 1.807) is 6.20 Å². The molecule has 4 rings (SSSR count). The summed E-state index contributed by atoms with van der Waals surface area (Å²) in [6.07, 6.45) is 4.11. The number of morpholine rings is 1. The molecule has 2 aliphatic rings. The van der Waals surface area contributed by atoms with E-state index in [0.717, 1.165) is 38.1 Å². The molecule has 3 atom stereocenters. The topological polar surface area (TPSA) is 34.6 Å². The SMILES string of the molecule is Fc1ccc(CN2CCO[C@@H]3C[C@H](COc4ccccn4)C[C@H]32)cc1. The Morgan fingerprint density at radius 2 is 2.04 bits per heavy atom. The van der Waals surface area contributed by atoms with Crippen molar-refractivity contribution in [3.05, 3.63) is 60.0 Å². The number of halogens is 1. The van der Waals surface area contributed by atoms with Crippen LogP contribution in [0.4, 0.5) is 4.39 Å². The third-order valence-corrected chi connectivity index (χ3v) is 5.15. The highest BCUT2D eigenvalue weighted by molar-refractivity contribution is 5.16. The molecule has 1 saturated heterocycles. The predicted molar refractivity (Wildman–Crippen MR) is 92.8 cm³/mol. The van der Waals surface area contributed by atoms with Crippen molar-refractivity contribution in [3.63, 3.8) is 0 Å². The third-order valence-electron chi connectivity index (χ3n) is 5.15. The molecule has 2 aromatic rings. The Bertz CT molecular complexity index is 680. The second-order valence-corrected chi connectivity index (χ2v) is 6.89. The van der Waals surface area contributed by atoms with Crippen LogP contribution in [-0.4, -0.2) is 41.8 Å². The molecule has 1 aliphatic heterocycles. The Kier molecular flexibility index (Phi) is 4.95. The van der Waals surface area contributed by atoms with Crippen molar-refractivity contribution in [3.8, 4) is 5.88 Å². The van der Waals surface area contributed by atoms with Gasteiger partial charge in [-0.2, -0.15) is 0 Å². The standard InChI is InChI=1S/C20H23FN2O2/c21-17-6-4-15(5-7-17)13-23-9-10-24-19-12-16(11-18(19)23)14-25-20-3-1-2-8-22-20/h1-8,16,18-19H,9-14H2/t16-,18-,19-/m1/s1. The minimum absolute atomic E-state index is 0.184. The van der Waals surface area contributed by atoms with Crippen LogP contribution >= 0.6 is 0 Å². The second kappa shape index (κ2) is 7.50. The molecule has 1 saturated carbocycles. The number of nitrogens with zero attached hydrogens (tertiary/aromatic N) is 2. The number of pyridine rings is 1. The molecule has 4 nitrogen and oxygen atoms in total. The Hall–Kier alpha value is -1.98. The Labute approximate surface area is 147 Å². The van der Waals surface area contributed by atoms with E-state index < -0.39 is 0 Å². The lowest BCUT2D eigenvalue weighted by molar-refractivity contribution is -0.0590. The highest BCUT2D eigenvalue weighted by atomic mass is 19.1. The van der Waals surface area contributed by atoms with E-state index in [2.05, 4.69) is 9.88 Å². The van der Waals surface area contributed by atoms with Gasteiger partial charge in [-0.25, -0.2) is 9.37 Å². The van der Waals surface area contributed by atoms with E-state index in [0.29, 0.717) is 24.4 Å². The maximum Gasteiger partial charge on any atom is 0.213 e. The number of benzene rings is 1. The lowest BCUT2D eigenvalue weighted by Gasteiger charge is -2.37. The first-order valence-electron chi connectivity index (χ1n) is 8.92. The summed E-state index contributed by atoms with van der Waals surface area (Å²) in [6, 6.07) is 12.9. The molecule has 0 bridgehead atoms. The molecule has 0 unspecified atom stereocenters. The fourth-order valence-electron chi connectivity index (χ4n) is 3.92. The van der Waals surface area contributed by atoms with Gasteiger partial charge in [0.1, 0.15) is 5.82 Å². The van der Waals surface area contributed by atoms with Gasteiger partial charge < -0.3 is 9.47 Å². The van der Waals surface area contributed by atoms with E-state index in [1.807, 2.05) is 30.3 Å². The van der Waals surface area contributed by atoms with Crippen LogP contribution in [0.1, 0.15) is 18.4 Å². The summed E-state index contributed by atoms with van der Waals surface area (Å²) in [5, 5.41) is 0. The van der Waals surface area contributed by atoms with Crippen molar-refractivity contribution in [2.75, 3.05) is 19.8 Å². The van der Waals surface area contributed by atoms with Gasteiger partial charge in [0.05, 0.1) is 19.3 Å². The summed E-state index contributed by atoms with van der Waals surface area (Å²) in [5.74, 6) is 0.975. The zero-order valence-corrected chi connectivity index (χ0v) is 14.2. The maximum atomic E-state index is 13.1. The summed E-state index contributed by atoms with van der Waals surface area (Å²) < 4.78 is 24.9. The summed E-state index contributed by atoms with van der Waals surface area (Å²) in [4.78, 5) is 6.69. The monoisotopic (exact) mass is 342 g/mol. The van der Waals surface area contributed by atoms with Gasteiger partial charge in [0.2, 0.25) is 5.88 Å². The fourth-order valence-corrected chi connectivity index (χ4v) is 3.92. The first-order valence-corrected chi connectivity index (χ1v) is 8.92. The molecular weight excluding hydrogens is 319 g/mol. The minimum atomic E-state index is -0.184. The van der Waals surface area contributed by atoms with Gasteiger partial charge in [-0.3, -0.25) is 4.90 Å². The van der Waals surface area contributed by atoms with Crippen LogP contribution < -0.4 is 4.74 Å². The summed E-state index contributed by atoms with van der Waals surface area (Å²) >= 11 is 0. The van der Waals surface area contributed by atoms with Gasteiger partial charge in [0, 0.05) is 31.4 Å². The van der Waals surface area contributed by atoms with Crippen LogP contribution in [-0.2, 0) is 11.3 Å². The molecule has 1 aromatic heterocycles. The molecule has 5 heteroatoms. The Morgan fingerprint density at radius 3 is 2.84 bits per heavy atom. The van der Waals surface area contributed by atoms with Crippen LogP contribution in [0.5, 0.6) is 5.88 Å². The molecule has 132 valence electrons. The molecule has 25 heavy (non-hydrogen) atoms. The van der Waals surface area contributed by atoms with Crippen LogP contribution in [0.2, 0.25) is 0 Å². The molecule has 1 aromatic carbocycles. The summed E-state index contributed by atoms with van der Waals surface area (Å²) in [5.41, 5.74) is 1.15. The fraction of sp³-hybridized carbons (Fsp3) is 0.450. The van der Waals surface area contributed by atoms with Gasteiger partial charge in [0.15, 0.2) is 0 Å². The Balaban J connectivity index is 1.35. The summed E-state index contributed by atoms with van der Waals surface area (Å²) in [6.45, 7) is 3.21. The largest absolute Gasteiger partial charge is 0.477 e. The minimum Gasteiger partial charge on any atom is -0.477 e.